The molecule has 1 fully saturated rings. The van der Waals surface area contributed by atoms with Gasteiger partial charge in [-0.25, -0.2) is 0 Å². The fourth-order valence-electron chi connectivity index (χ4n) is 1.79. The number of amides is 1. The van der Waals surface area contributed by atoms with E-state index in [-0.39, 0.29) is 12.5 Å². The molecule has 0 bridgehead atoms. The lowest BCUT2D eigenvalue weighted by molar-refractivity contribution is -0.143. The third-order valence-electron chi connectivity index (χ3n) is 3.25. The zero-order chi connectivity index (χ0) is 13.2. The normalized spacial score (nSPS) is 16.1. The molecule has 0 atom stereocenters. The average Bonchev–Trinajstić information content (AvgIpc) is 3.17. The van der Waals surface area contributed by atoms with Gasteiger partial charge in [0.2, 0.25) is 0 Å². The maximum Gasteiger partial charge on any atom is 0.311 e. The molecule has 0 radical (unpaired) electrons. The average molecular weight is 265 g/mol. The van der Waals surface area contributed by atoms with Gasteiger partial charge in [-0.15, -0.1) is 11.8 Å². The van der Waals surface area contributed by atoms with Crippen LogP contribution in [0.15, 0.2) is 29.2 Å². The molecule has 96 valence electrons. The van der Waals surface area contributed by atoms with Crippen LogP contribution >= 0.6 is 11.8 Å². The number of carboxylic acid groups (broad SMARTS) is 1. The second kappa shape index (κ2) is 5.02. The van der Waals surface area contributed by atoms with E-state index in [2.05, 4.69) is 5.32 Å². The Balaban J connectivity index is 2.02. The van der Waals surface area contributed by atoms with E-state index >= 15 is 0 Å². The van der Waals surface area contributed by atoms with Gasteiger partial charge < -0.3 is 10.4 Å². The maximum atomic E-state index is 12.0. The Morgan fingerprint density at radius 2 is 2.06 bits per heavy atom. The molecular weight excluding hydrogens is 250 g/mol. The molecule has 4 nitrogen and oxygen atoms in total. The van der Waals surface area contributed by atoms with Crippen LogP contribution in [0, 0.1) is 5.41 Å². The number of nitrogens with one attached hydrogen (secondary N) is 1. The molecule has 1 aliphatic carbocycles. The first-order valence-electron chi connectivity index (χ1n) is 5.74. The molecule has 1 aromatic rings. The first kappa shape index (κ1) is 13.0. The summed E-state index contributed by atoms with van der Waals surface area (Å²) >= 11 is 1.50. The Hall–Kier alpha value is -1.49. The van der Waals surface area contributed by atoms with E-state index in [1.165, 1.54) is 11.8 Å². The number of rotatable bonds is 5. The number of hydrogen-bond donors (Lipinski definition) is 2. The molecule has 0 aliphatic heterocycles. The van der Waals surface area contributed by atoms with Gasteiger partial charge in [-0.2, -0.15) is 0 Å². The summed E-state index contributed by atoms with van der Waals surface area (Å²) in [7, 11) is 0. The van der Waals surface area contributed by atoms with Crippen LogP contribution in [-0.4, -0.2) is 29.8 Å². The Labute approximate surface area is 110 Å². The smallest absolute Gasteiger partial charge is 0.311 e. The van der Waals surface area contributed by atoms with E-state index in [4.69, 9.17) is 5.11 Å². The van der Waals surface area contributed by atoms with Crippen LogP contribution in [0.5, 0.6) is 0 Å². The summed E-state index contributed by atoms with van der Waals surface area (Å²) in [6.45, 7) is 0.212. The highest BCUT2D eigenvalue weighted by Crippen LogP contribution is 2.45. The highest BCUT2D eigenvalue weighted by atomic mass is 32.2. The van der Waals surface area contributed by atoms with Crippen LogP contribution in [0.4, 0.5) is 0 Å². The zero-order valence-corrected chi connectivity index (χ0v) is 10.9. The van der Waals surface area contributed by atoms with Crippen LogP contribution < -0.4 is 5.32 Å². The summed E-state index contributed by atoms with van der Waals surface area (Å²) in [6.07, 6.45) is 3.20. The lowest BCUT2D eigenvalue weighted by Gasteiger charge is -2.12. The summed E-state index contributed by atoms with van der Waals surface area (Å²) in [5.74, 6) is -1.02. The van der Waals surface area contributed by atoms with E-state index in [0.717, 1.165) is 4.90 Å². The molecule has 0 aromatic heterocycles. The van der Waals surface area contributed by atoms with Gasteiger partial charge in [-0.1, -0.05) is 12.1 Å². The van der Waals surface area contributed by atoms with Crippen molar-refractivity contribution in [2.24, 2.45) is 5.41 Å². The van der Waals surface area contributed by atoms with Crippen molar-refractivity contribution in [3.05, 3.63) is 29.8 Å². The summed E-state index contributed by atoms with van der Waals surface area (Å²) in [5.41, 5.74) is -0.115. The van der Waals surface area contributed by atoms with Crippen LogP contribution in [0.1, 0.15) is 23.2 Å². The molecular formula is C13H15NO3S. The first-order chi connectivity index (χ1) is 8.59. The fourth-order valence-corrected chi connectivity index (χ4v) is 2.39. The summed E-state index contributed by atoms with van der Waals surface area (Å²) < 4.78 is 0. The van der Waals surface area contributed by atoms with Crippen molar-refractivity contribution in [2.45, 2.75) is 17.7 Å². The quantitative estimate of drug-likeness (QED) is 0.799. The fraction of sp³-hybridized carbons (Fsp3) is 0.385. The second-order valence-corrected chi connectivity index (χ2v) is 5.32. The Kier molecular flexibility index (Phi) is 3.61. The minimum absolute atomic E-state index is 0.201. The molecule has 1 aromatic carbocycles. The number of carbonyl (C=O) groups is 2. The molecule has 0 unspecified atom stereocenters. The summed E-state index contributed by atoms with van der Waals surface area (Å²) in [6, 6.07) is 7.31. The van der Waals surface area contributed by atoms with Gasteiger partial charge in [-0.3, -0.25) is 9.59 Å². The molecule has 1 amide bonds. The summed E-state index contributed by atoms with van der Waals surface area (Å²) in [4.78, 5) is 23.9. The zero-order valence-electron chi connectivity index (χ0n) is 10.1. The minimum Gasteiger partial charge on any atom is -0.481 e. The highest BCUT2D eigenvalue weighted by Gasteiger charge is 2.50. The van der Waals surface area contributed by atoms with Crippen molar-refractivity contribution in [3.8, 4) is 0 Å². The molecule has 0 spiro atoms. The van der Waals surface area contributed by atoms with Gasteiger partial charge in [0, 0.05) is 11.4 Å². The minimum atomic E-state index is -0.819. The van der Waals surface area contributed by atoms with Crippen molar-refractivity contribution in [1.82, 2.24) is 5.32 Å². The summed E-state index contributed by atoms with van der Waals surface area (Å²) in [5, 5.41) is 11.8. The monoisotopic (exact) mass is 265 g/mol. The van der Waals surface area contributed by atoms with Crippen LogP contribution in [0.3, 0.4) is 0 Å². The Morgan fingerprint density at radius 1 is 1.39 bits per heavy atom. The molecule has 1 saturated carbocycles. The number of benzene rings is 1. The predicted octanol–water partition coefficient (Wildman–Crippen LogP) is 2.00. The van der Waals surface area contributed by atoms with Crippen LogP contribution in [0.2, 0.25) is 0 Å². The van der Waals surface area contributed by atoms with Gasteiger partial charge >= 0.3 is 5.97 Å². The van der Waals surface area contributed by atoms with Crippen molar-refractivity contribution >= 4 is 23.6 Å². The first-order valence-corrected chi connectivity index (χ1v) is 6.96. The van der Waals surface area contributed by atoms with Crippen molar-refractivity contribution in [3.63, 3.8) is 0 Å². The number of carboxylic acids is 1. The van der Waals surface area contributed by atoms with Crippen molar-refractivity contribution < 1.29 is 14.7 Å². The molecule has 0 heterocycles. The topological polar surface area (TPSA) is 66.4 Å². The molecule has 2 N–H and O–H groups in total. The molecule has 5 heteroatoms. The van der Waals surface area contributed by atoms with E-state index < -0.39 is 11.4 Å². The number of hydrogen-bond acceptors (Lipinski definition) is 3. The highest BCUT2D eigenvalue weighted by molar-refractivity contribution is 7.98. The maximum absolute atomic E-state index is 12.0. The van der Waals surface area contributed by atoms with Crippen LogP contribution in [0.25, 0.3) is 0 Å². The van der Waals surface area contributed by atoms with Crippen molar-refractivity contribution in [2.75, 3.05) is 12.8 Å². The van der Waals surface area contributed by atoms with E-state index in [0.29, 0.717) is 18.4 Å². The molecule has 1 aliphatic rings. The third kappa shape index (κ3) is 2.51. The van der Waals surface area contributed by atoms with Gasteiger partial charge in [-0.05, 0) is 31.2 Å². The van der Waals surface area contributed by atoms with Gasteiger partial charge in [0.1, 0.15) is 0 Å². The Bertz CT molecular complexity index is 483. The standard InChI is InChI=1S/C13H15NO3S/c1-18-10-5-3-2-4-9(10)11(15)14-8-13(6-7-13)12(16)17/h2-5H,6-8H2,1H3,(H,14,15)(H,16,17). The van der Waals surface area contributed by atoms with Crippen molar-refractivity contribution in [1.29, 1.82) is 0 Å². The molecule has 2 rings (SSSR count). The molecule has 18 heavy (non-hydrogen) atoms. The number of aliphatic carboxylic acids is 1. The van der Waals surface area contributed by atoms with E-state index in [9.17, 15) is 9.59 Å². The second-order valence-electron chi connectivity index (χ2n) is 4.47. The lowest BCUT2D eigenvalue weighted by Crippen LogP contribution is -2.34. The van der Waals surface area contributed by atoms with Gasteiger partial charge in [0.05, 0.1) is 11.0 Å². The largest absolute Gasteiger partial charge is 0.481 e. The van der Waals surface area contributed by atoms with Gasteiger partial charge in [0.25, 0.3) is 5.91 Å². The lowest BCUT2D eigenvalue weighted by atomic mass is 10.1. The van der Waals surface area contributed by atoms with E-state index in [1.807, 2.05) is 18.4 Å². The molecule has 0 saturated heterocycles. The predicted molar refractivity (Wildman–Crippen MR) is 69.9 cm³/mol. The third-order valence-corrected chi connectivity index (χ3v) is 4.04. The van der Waals surface area contributed by atoms with Gasteiger partial charge in [0.15, 0.2) is 0 Å². The Morgan fingerprint density at radius 3 is 2.61 bits per heavy atom. The van der Waals surface area contributed by atoms with E-state index in [1.54, 1.807) is 12.1 Å². The van der Waals surface area contributed by atoms with Crippen LogP contribution in [-0.2, 0) is 4.79 Å². The number of thioether (sulfide) groups is 1. The number of carbonyl (C=O) groups excluding carboxylic acids is 1. The SMILES string of the molecule is CSc1ccccc1C(=O)NCC1(C(=O)O)CC1.